The number of benzene rings is 2. The van der Waals surface area contributed by atoms with E-state index in [1.807, 2.05) is 18.2 Å². The van der Waals surface area contributed by atoms with E-state index < -0.39 is 11.2 Å². The predicted molar refractivity (Wildman–Crippen MR) is 115 cm³/mol. The van der Waals surface area contributed by atoms with Crippen molar-refractivity contribution < 1.29 is 24.5 Å². The first-order valence-electron chi connectivity index (χ1n) is 10.2. The summed E-state index contributed by atoms with van der Waals surface area (Å²) in [5.74, 6) is 1.18. The van der Waals surface area contributed by atoms with E-state index >= 15 is 0 Å². The van der Waals surface area contributed by atoms with Crippen LogP contribution >= 0.6 is 0 Å². The molecule has 0 radical (unpaired) electrons. The minimum Gasteiger partial charge on any atom is -0.495 e. The summed E-state index contributed by atoms with van der Waals surface area (Å²) >= 11 is 0. The van der Waals surface area contributed by atoms with E-state index in [-0.39, 0.29) is 12.4 Å². The molecule has 3 aromatic rings. The molecule has 160 valence electrons. The minimum atomic E-state index is -1.19. The number of hydrogen-bond acceptors (Lipinski definition) is 5. The van der Waals surface area contributed by atoms with Crippen molar-refractivity contribution in [2.24, 2.45) is 0 Å². The second-order valence-corrected chi connectivity index (χ2v) is 7.89. The molecule has 0 bridgehead atoms. The first-order valence-corrected chi connectivity index (χ1v) is 10.2. The fourth-order valence-electron chi connectivity index (χ4n) is 5.12. The van der Waals surface area contributed by atoms with Gasteiger partial charge in [-0.15, -0.1) is 0 Å². The second-order valence-electron chi connectivity index (χ2n) is 7.89. The van der Waals surface area contributed by atoms with Crippen LogP contribution in [0, 0.1) is 6.92 Å². The fraction of sp³-hybridized carbons (Fsp3) is 0.280. The third-order valence-electron chi connectivity index (χ3n) is 6.36. The van der Waals surface area contributed by atoms with Crippen molar-refractivity contribution in [3.8, 4) is 11.5 Å². The SMILES string of the molecule is COc1cncc2c1C1(O)CCC(c3ccccc3)C1(c1ccc(C)cc1)O2.O=CO. The van der Waals surface area contributed by atoms with Crippen LogP contribution < -0.4 is 9.47 Å². The van der Waals surface area contributed by atoms with Gasteiger partial charge < -0.3 is 19.7 Å². The van der Waals surface area contributed by atoms with Crippen molar-refractivity contribution in [2.45, 2.75) is 36.9 Å². The van der Waals surface area contributed by atoms with Gasteiger partial charge in [0.1, 0.15) is 17.1 Å². The highest BCUT2D eigenvalue weighted by atomic mass is 16.5. The summed E-state index contributed by atoms with van der Waals surface area (Å²) in [4.78, 5) is 12.6. The molecule has 31 heavy (non-hydrogen) atoms. The average molecular weight is 419 g/mol. The summed E-state index contributed by atoms with van der Waals surface area (Å²) in [5, 5.41) is 19.1. The summed E-state index contributed by atoms with van der Waals surface area (Å²) < 4.78 is 12.2. The lowest BCUT2D eigenvalue weighted by atomic mass is 9.71. The Hall–Kier alpha value is -3.38. The maximum absolute atomic E-state index is 12.2. The number of aliphatic hydroxyl groups is 1. The first-order chi connectivity index (χ1) is 15.0. The van der Waals surface area contributed by atoms with Gasteiger partial charge in [0, 0.05) is 5.92 Å². The van der Waals surface area contributed by atoms with Crippen LogP contribution in [-0.2, 0) is 16.0 Å². The summed E-state index contributed by atoms with van der Waals surface area (Å²) in [7, 11) is 1.61. The van der Waals surface area contributed by atoms with E-state index in [9.17, 15) is 5.11 Å². The molecular weight excluding hydrogens is 394 g/mol. The zero-order chi connectivity index (χ0) is 22.1. The van der Waals surface area contributed by atoms with E-state index in [1.165, 1.54) is 11.1 Å². The number of rotatable bonds is 3. The number of ether oxygens (including phenoxy) is 2. The molecule has 1 aliphatic heterocycles. The Kier molecular flexibility index (Phi) is 5.41. The Balaban J connectivity index is 0.000000730. The molecule has 1 aromatic heterocycles. The monoisotopic (exact) mass is 419 g/mol. The molecular formula is C25H25NO5. The van der Waals surface area contributed by atoms with Crippen molar-refractivity contribution >= 4 is 6.47 Å². The van der Waals surface area contributed by atoms with Crippen LogP contribution in [0.5, 0.6) is 11.5 Å². The number of nitrogens with zero attached hydrogens (tertiary/aromatic N) is 1. The largest absolute Gasteiger partial charge is 0.495 e. The van der Waals surface area contributed by atoms with Crippen LogP contribution in [0.1, 0.15) is 41.0 Å². The number of carboxylic acid groups (broad SMARTS) is 1. The van der Waals surface area contributed by atoms with E-state index in [4.69, 9.17) is 19.4 Å². The van der Waals surface area contributed by atoms with Gasteiger partial charge in [0.25, 0.3) is 6.47 Å². The third kappa shape index (κ3) is 3.06. The number of aryl methyl sites for hydroxylation is 1. The molecule has 2 heterocycles. The molecule has 1 saturated carbocycles. The highest BCUT2D eigenvalue weighted by molar-refractivity contribution is 5.57. The Bertz CT molecular complexity index is 1070. The quantitative estimate of drug-likeness (QED) is 0.620. The second kappa shape index (κ2) is 8.04. The van der Waals surface area contributed by atoms with Gasteiger partial charge >= 0.3 is 0 Å². The highest BCUT2D eigenvalue weighted by Gasteiger charge is 2.69. The van der Waals surface area contributed by atoms with Gasteiger partial charge in [0.05, 0.1) is 25.1 Å². The lowest BCUT2D eigenvalue weighted by molar-refractivity contribution is -0.122. The molecule has 2 aliphatic rings. The van der Waals surface area contributed by atoms with E-state index in [0.717, 1.165) is 12.0 Å². The normalized spacial score (nSPS) is 25.5. The third-order valence-corrected chi connectivity index (χ3v) is 6.36. The molecule has 2 aromatic carbocycles. The van der Waals surface area contributed by atoms with Crippen LogP contribution in [-0.4, -0.2) is 28.8 Å². The van der Waals surface area contributed by atoms with Crippen molar-refractivity contribution in [1.29, 1.82) is 0 Å². The standard InChI is InChI=1S/C24H23NO3.CH2O2/c1-16-8-10-18(11-9-16)24-19(17-6-4-3-5-7-17)12-13-23(24,26)22-20(27-2)14-25-15-21(22)28-24;2-1-3/h3-11,14-15,19,26H,12-13H2,1-2H3;1H,(H,2,3). The summed E-state index contributed by atoms with van der Waals surface area (Å²) in [5.41, 5.74) is 1.92. The maximum Gasteiger partial charge on any atom is 0.290 e. The van der Waals surface area contributed by atoms with Gasteiger partial charge in [0.2, 0.25) is 0 Å². The van der Waals surface area contributed by atoms with Crippen molar-refractivity contribution in [1.82, 2.24) is 4.98 Å². The maximum atomic E-state index is 12.2. The van der Waals surface area contributed by atoms with E-state index in [2.05, 4.69) is 48.3 Å². The molecule has 1 fully saturated rings. The Morgan fingerprint density at radius 2 is 1.81 bits per heavy atom. The average Bonchev–Trinajstić information content (AvgIpc) is 3.22. The van der Waals surface area contributed by atoms with Crippen molar-refractivity contribution in [3.05, 3.63) is 89.2 Å². The molecule has 0 spiro atoms. The fourth-order valence-corrected chi connectivity index (χ4v) is 5.12. The van der Waals surface area contributed by atoms with Crippen LogP contribution in [0.3, 0.4) is 0 Å². The Morgan fingerprint density at radius 3 is 2.45 bits per heavy atom. The van der Waals surface area contributed by atoms with Crippen LogP contribution in [0.2, 0.25) is 0 Å². The molecule has 0 saturated heterocycles. The highest BCUT2D eigenvalue weighted by Crippen LogP contribution is 2.67. The van der Waals surface area contributed by atoms with Crippen molar-refractivity contribution in [2.75, 3.05) is 7.11 Å². The van der Waals surface area contributed by atoms with Crippen LogP contribution in [0.15, 0.2) is 67.0 Å². The van der Waals surface area contributed by atoms with Crippen molar-refractivity contribution in [3.63, 3.8) is 0 Å². The Labute approximate surface area is 181 Å². The number of methoxy groups -OCH3 is 1. The molecule has 2 N–H and O–H groups in total. The molecule has 3 unspecified atom stereocenters. The topological polar surface area (TPSA) is 88.9 Å². The first kappa shape index (κ1) is 20.9. The Morgan fingerprint density at radius 1 is 1.13 bits per heavy atom. The number of hydrogen-bond donors (Lipinski definition) is 2. The summed E-state index contributed by atoms with van der Waals surface area (Å²) in [6.07, 6.45) is 4.75. The van der Waals surface area contributed by atoms with Gasteiger partial charge in [-0.3, -0.25) is 9.78 Å². The lowest BCUT2D eigenvalue weighted by Crippen LogP contribution is -2.48. The zero-order valence-corrected chi connectivity index (χ0v) is 17.5. The van der Waals surface area contributed by atoms with E-state index in [1.54, 1.807) is 19.5 Å². The van der Waals surface area contributed by atoms with E-state index in [0.29, 0.717) is 23.5 Å². The lowest BCUT2D eigenvalue weighted by Gasteiger charge is -2.40. The predicted octanol–water partition coefficient (Wildman–Crippen LogP) is 4.15. The summed E-state index contributed by atoms with van der Waals surface area (Å²) in [6, 6.07) is 18.6. The van der Waals surface area contributed by atoms with Gasteiger partial charge in [-0.25, -0.2) is 0 Å². The van der Waals surface area contributed by atoms with Gasteiger partial charge in [0.15, 0.2) is 5.60 Å². The summed E-state index contributed by atoms with van der Waals surface area (Å²) in [6.45, 7) is 1.81. The van der Waals surface area contributed by atoms with Gasteiger partial charge in [-0.05, 0) is 30.9 Å². The molecule has 6 heteroatoms. The number of fused-ring (bicyclic) bond motifs is 3. The van der Waals surface area contributed by atoms with Gasteiger partial charge in [-0.1, -0.05) is 60.2 Å². The molecule has 0 amide bonds. The molecule has 1 aliphatic carbocycles. The number of aromatic nitrogens is 1. The number of carbonyl (C=O) groups is 1. The van der Waals surface area contributed by atoms with Crippen LogP contribution in [0.4, 0.5) is 0 Å². The van der Waals surface area contributed by atoms with Gasteiger partial charge in [-0.2, -0.15) is 0 Å². The zero-order valence-electron chi connectivity index (χ0n) is 17.5. The van der Waals surface area contributed by atoms with Crippen LogP contribution in [0.25, 0.3) is 0 Å². The number of pyridine rings is 1. The molecule has 6 nitrogen and oxygen atoms in total. The molecule has 5 rings (SSSR count). The molecule has 3 atom stereocenters. The minimum absolute atomic E-state index is 0.0125. The smallest absolute Gasteiger partial charge is 0.290 e.